The van der Waals surface area contributed by atoms with Gasteiger partial charge < -0.3 is 14.8 Å². The third-order valence-electron chi connectivity index (χ3n) is 3.07. The van der Waals surface area contributed by atoms with E-state index in [-0.39, 0.29) is 5.91 Å². The number of methoxy groups -OCH3 is 2. The molecule has 0 saturated carbocycles. The largest absolute Gasteiger partial charge is 0.493 e. The van der Waals surface area contributed by atoms with E-state index in [1.807, 2.05) is 6.07 Å². The summed E-state index contributed by atoms with van der Waals surface area (Å²) >= 11 is 15.2. The maximum atomic E-state index is 12.0. The fourth-order valence-corrected chi connectivity index (χ4v) is 2.88. The highest BCUT2D eigenvalue weighted by molar-refractivity contribution is 9.10. The van der Waals surface area contributed by atoms with Crippen molar-refractivity contribution in [1.82, 2.24) is 0 Å². The average Bonchev–Trinajstić information content (AvgIpc) is 2.55. The smallest absolute Gasteiger partial charge is 0.248 e. The Balaban J connectivity index is 2.13. The zero-order chi connectivity index (χ0) is 17.7. The number of benzene rings is 2. The Bertz CT molecular complexity index is 794. The summed E-state index contributed by atoms with van der Waals surface area (Å²) in [6.07, 6.45) is 3.08. The van der Waals surface area contributed by atoms with Gasteiger partial charge in [0, 0.05) is 11.8 Å². The molecule has 0 radical (unpaired) electrons. The van der Waals surface area contributed by atoms with Crippen molar-refractivity contribution < 1.29 is 14.3 Å². The van der Waals surface area contributed by atoms with Gasteiger partial charge in [-0.1, -0.05) is 23.2 Å². The number of ether oxygens (including phenoxy) is 2. The van der Waals surface area contributed by atoms with Crippen LogP contribution in [-0.2, 0) is 4.79 Å². The van der Waals surface area contributed by atoms with E-state index < -0.39 is 0 Å². The van der Waals surface area contributed by atoms with E-state index in [9.17, 15) is 4.79 Å². The van der Waals surface area contributed by atoms with E-state index in [0.717, 1.165) is 10.0 Å². The van der Waals surface area contributed by atoms with E-state index in [1.54, 1.807) is 44.6 Å². The number of rotatable bonds is 5. The molecule has 0 heterocycles. The Kier molecular flexibility index (Phi) is 6.54. The van der Waals surface area contributed by atoms with E-state index in [1.165, 1.54) is 6.08 Å². The standard InChI is InChI=1S/C17H14BrCl2NO3/c1-23-15-8-10(7-12(18)17(15)24-2)3-6-16(22)21-11-4-5-13(19)14(20)9-11/h3-9H,1-2H3,(H,21,22). The van der Waals surface area contributed by atoms with Crippen molar-refractivity contribution in [2.75, 3.05) is 19.5 Å². The van der Waals surface area contributed by atoms with Crippen molar-refractivity contribution in [2.45, 2.75) is 0 Å². The van der Waals surface area contributed by atoms with Crippen molar-refractivity contribution >= 4 is 56.8 Å². The molecule has 2 aromatic rings. The maximum Gasteiger partial charge on any atom is 0.248 e. The molecule has 0 aliphatic carbocycles. The summed E-state index contributed by atoms with van der Waals surface area (Å²) in [5, 5.41) is 3.52. The monoisotopic (exact) mass is 429 g/mol. The summed E-state index contributed by atoms with van der Waals surface area (Å²) in [7, 11) is 3.11. The first-order valence-corrected chi connectivity index (χ1v) is 8.35. The Morgan fingerprint density at radius 2 is 1.88 bits per heavy atom. The zero-order valence-electron chi connectivity index (χ0n) is 12.9. The SMILES string of the molecule is COc1cc(C=CC(=O)Nc2ccc(Cl)c(Cl)c2)cc(Br)c1OC. The van der Waals surface area contributed by atoms with Gasteiger partial charge >= 0.3 is 0 Å². The van der Waals surface area contributed by atoms with Gasteiger partial charge in [-0.15, -0.1) is 0 Å². The molecule has 2 aromatic carbocycles. The van der Waals surface area contributed by atoms with Crippen molar-refractivity contribution in [2.24, 2.45) is 0 Å². The lowest BCUT2D eigenvalue weighted by Gasteiger charge is -2.10. The Hall–Kier alpha value is -1.69. The highest BCUT2D eigenvalue weighted by Gasteiger charge is 2.09. The molecule has 24 heavy (non-hydrogen) atoms. The highest BCUT2D eigenvalue weighted by Crippen LogP contribution is 2.36. The maximum absolute atomic E-state index is 12.0. The van der Waals surface area contributed by atoms with Gasteiger partial charge in [0.25, 0.3) is 0 Å². The number of hydrogen-bond donors (Lipinski definition) is 1. The minimum absolute atomic E-state index is 0.292. The number of nitrogens with one attached hydrogen (secondary N) is 1. The van der Waals surface area contributed by atoms with Gasteiger partial charge in [0.15, 0.2) is 11.5 Å². The molecule has 4 nitrogen and oxygen atoms in total. The van der Waals surface area contributed by atoms with E-state index >= 15 is 0 Å². The molecule has 0 saturated heterocycles. The van der Waals surface area contributed by atoms with Crippen LogP contribution in [0.4, 0.5) is 5.69 Å². The summed E-state index contributed by atoms with van der Waals surface area (Å²) in [6.45, 7) is 0. The second-order valence-electron chi connectivity index (χ2n) is 4.69. The molecule has 7 heteroatoms. The normalized spacial score (nSPS) is 10.7. The molecular formula is C17H14BrCl2NO3. The molecule has 0 bridgehead atoms. The minimum Gasteiger partial charge on any atom is -0.493 e. The predicted molar refractivity (Wildman–Crippen MR) is 101 cm³/mol. The van der Waals surface area contributed by atoms with Gasteiger partial charge in [-0.2, -0.15) is 0 Å². The van der Waals surface area contributed by atoms with Gasteiger partial charge in [-0.05, 0) is 57.9 Å². The lowest BCUT2D eigenvalue weighted by Crippen LogP contribution is -2.07. The average molecular weight is 431 g/mol. The molecule has 1 N–H and O–H groups in total. The first-order valence-electron chi connectivity index (χ1n) is 6.80. The van der Waals surface area contributed by atoms with Crippen LogP contribution in [0.3, 0.4) is 0 Å². The second kappa shape index (κ2) is 8.42. The van der Waals surface area contributed by atoms with Crippen LogP contribution in [0.1, 0.15) is 5.56 Å². The van der Waals surface area contributed by atoms with Crippen LogP contribution in [0, 0.1) is 0 Å². The molecule has 0 aromatic heterocycles. The number of hydrogen-bond acceptors (Lipinski definition) is 3. The van der Waals surface area contributed by atoms with Gasteiger partial charge in [0.2, 0.25) is 5.91 Å². The summed E-state index contributed by atoms with van der Waals surface area (Å²) in [4.78, 5) is 12.0. The first kappa shape index (κ1) is 18.6. The van der Waals surface area contributed by atoms with Crippen molar-refractivity contribution in [3.8, 4) is 11.5 Å². The number of carbonyl (C=O) groups excluding carboxylic acids is 1. The molecule has 1 amide bonds. The van der Waals surface area contributed by atoms with Crippen LogP contribution in [-0.4, -0.2) is 20.1 Å². The van der Waals surface area contributed by atoms with Crippen molar-refractivity contribution in [1.29, 1.82) is 0 Å². The van der Waals surface area contributed by atoms with E-state index in [0.29, 0.717) is 27.2 Å². The van der Waals surface area contributed by atoms with Crippen LogP contribution in [0.5, 0.6) is 11.5 Å². The summed E-state index contributed by atoms with van der Waals surface area (Å²) < 4.78 is 11.2. The lowest BCUT2D eigenvalue weighted by molar-refractivity contribution is -0.111. The summed E-state index contributed by atoms with van der Waals surface area (Å²) in [6, 6.07) is 8.47. The second-order valence-corrected chi connectivity index (χ2v) is 6.36. The highest BCUT2D eigenvalue weighted by atomic mass is 79.9. The van der Waals surface area contributed by atoms with Gasteiger partial charge in [0.1, 0.15) is 0 Å². The Morgan fingerprint density at radius 3 is 2.50 bits per heavy atom. The van der Waals surface area contributed by atoms with Crippen LogP contribution < -0.4 is 14.8 Å². The fourth-order valence-electron chi connectivity index (χ4n) is 1.96. The topological polar surface area (TPSA) is 47.6 Å². The predicted octanol–water partition coefficient (Wildman–Crippen LogP) is 5.43. The number of halogens is 3. The molecular weight excluding hydrogens is 417 g/mol. The zero-order valence-corrected chi connectivity index (χ0v) is 16.0. The summed E-state index contributed by atoms with van der Waals surface area (Å²) in [5.74, 6) is 0.866. The molecule has 0 aliphatic rings. The third kappa shape index (κ3) is 4.66. The van der Waals surface area contributed by atoms with Crippen LogP contribution in [0.2, 0.25) is 10.0 Å². The number of amides is 1. The van der Waals surface area contributed by atoms with Crippen LogP contribution in [0.25, 0.3) is 6.08 Å². The van der Waals surface area contributed by atoms with Crippen molar-refractivity contribution in [3.05, 3.63) is 56.5 Å². The van der Waals surface area contributed by atoms with E-state index in [4.69, 9.17) is 32.7 Å². The molecule has 126 valence electrons. The third-order valence-corrected chi connectivity index (χ3v) is 4.40. The Morgan fingerprint density at radius 1 is 1.12 bits per heavy atom. The molecule has 0 atom stereocenters. The van der Waals surface area contributed by atoms with Gasteiger partial charge in [0.05, 0.1) is 28.7 Å². The van der Waals surface area contributed by atoms with E-state index in [2.05, 4.69) is 21.2 Å². The van der Waals surface area contributed by atoms with Gasteiger partial charge in [-0.25, -0.2) is 0 Å². The summed E-state index contributed by atoms with van der Waals surface area (Å²) in [5.41, 5.74) is 1.34. The lowest BCUT2D eigenvalue weighted by atomic mass is 10.2. The van der Waals surface area contributed by atoms with Crippen LogP contribution >= 0.6 is 39.1 Å². The first-order chi connectivity index (χ1) is 11.4. The van der Waals surface area contributed by atoms with Crippen LogP contribution in [0.15, 0.2) is 40.9 Å². The van der Waals surface area contributed by atoms with Gasteiger partial charge in [-0.3, -0.25) is 4.79 Å². The fraction of sp³-hybridized carbons (Fsp3) is 0.118. The molecule has 2 rings (SSSR count). The molecule has 0 aliphatic heterocycles. The number of carbonyl (C=O) groups is 1. The quantitative estimate of drug-likeness (QED) is 0.643. The molecule has 0 fully saturated rings. The minimum atomic E-state index is -0.292. The Labute approximate surface area is 158 Å². The molecule has 0 unspecified atom stereocenters. The molecule has 0 spiro atoms. The van der Waals surface area contributed by atoms with Crippen molar-refractivity contribution in [3.63, 3.8) is 0 Å². The number of anilines is 1.